The first-order chi connectivity index (χ1) is 13.8. The number of amides is 1. The maximum Gasteiger partial charge on any atom is 0.246 e. The number of hydrogen-bond acceptors (Lipinski definition) is 7. The molecule has 0 saturated carbocycles. The van der Waals surface area contributed by atoms with E-state index in [1.54, 1.807) is 34.9 Å². The van der Waals surface area contributed by atoms with Crippen LogP contribution in [0.15, 0.2) is 48.7 Å². The molecule has 6 nitrogen and oxygen atoms in total. The van der Waals surface area contributed by atoms with E-state index in [0.29, 0.717) is 13.1 Å². The fourth-order valence-electron chi connectivity index (χ4n) is 3.22. The van der Waals surface area contributed by atoms with Crippen molar-refractivity contribution in [2.24, 2.45) is 0 Å². The van der Waals surface area contributed by atoms with E-state index in [2.05, 4.69) is 19.9 Å². The minimum absolute atomic E-state index is 0.0323. The van der Waals surface area contributed by atoms with E-state index in [0.717, 1.165) is 43.8 Å². The quantitative estimate of drug-likeness (QED) is 0.485. The van der Waals surface area contributed by atoms with Crippen LogP contribution in [0.2, 0.25) is 0 Å². The maximum absolute atomic E-state index is 12.5. The average Bonchev–Trinajstić information content (AvgIpc) is 3.35. The number of thiazole rings is 2. The summed E-state index contributed by atoms with van der Waals surface area (Å²) in [6.45, 7) is 2.93. The Kier molecular flexibility index (Phi) is 4.50. The minimum atomic E-state index is 0.0323. The zero-order valence-corrected chi connectivity index (χ0v) is 16.6. The van der Waals surface area contributed by atoms with Crippen LogP contribution in [0.25, 0.3) is 26.6 Å². The second-order valence-electron chi connectivity index (χ2n) is 6.49. The highest BCUT2D eigenvalue weighted by Crippen LogP contribution is 2.27. The standard InChI is InChI=1S/C20H17N5OS2/c26-18(8-7-17-22-14-4-1-2-6-16(14)27-17)24-10-12-25(13-11-24)20-23-15-5-3-9-21-19(15)28-20/h1-9H,10-13H2/b8-7+. The van der Waals surface area contributed by atoms with Crippen LogP contribution in [-0.2, 0) is 4.79 Å². The molecule has 5 rings (SSSR count). The van der Waals surface area contributed by atoms with Gasteiger partial charge in [0.15, 0.2) is 5.13 Å². The van der Waals surface area contributed by atoms with E-state index in [1.807, 2.05) is 47.4 Å². The van der Waals surface area contributed by atoms with Crippen LogP contribution in [0.4, 0.5) is 5.13 Å². The Morgan fingerprint density at radius 1 is 0.964 bits per heavy atom. The maximum atomic E-state index is 12.5. The Morgan fingerprint density at radius 2 is 1.79 bits per heavy atom. The number of nitrogens with zero attached hydrogens (tertiary/aromatic N) is 5. The summed E-state index contributed by atoms with van der Waals surface area (Å²) >= 11 is 3.20. The summed E-state index contributed by atoms with van der Waals surface area (Å²) < 4.78 is 1.13. The average molecular weight is 408 g/mol. The van der Waals surface area contributed by atoms with Crippen LogP contribution in [-0.4, -0.2) is 51.9 Å². The third-order valence-corrected chi connectivity index (χ3v) is 6.74. The third kappa shape index (κ3) is 3.36. The first kappa shape index (κ1) is 17.3. The molecular formula is C20H17N5OS2. The Labute approximate surface area is 169 Å². The van der Waals surface area contributed by atoms with Gasteiger partial charge < -0.3 is 9.80 Å². The topological polar surface area (TPSA) is 62.2 Å². The highest BCUT2D eigenvalue weighted by atomic mass is 32.1. The number of rotatable bonds is 3. The monoisotopic (exact) mass is 407 g/mol. The molecule has 0 radical (unpaired) electrons. The number of pyridine rings is 1. The molecule has 1 fully saturated rings. The predicted octanol–water partition coefficient (Wildman–Crippen LogP) is 3.66. The Balaban J connectivity index is 1.22. The van der Waals surface area contributed by atoms with Gasteiger partial charge in [-0.25, -0.2) is 15.0 Å². The number of aromatic nitrogens is 3. The van der Waals surface area contributed by atoms with Crippen molar-refractivity contribution in [3.63, 3.8) is 0 Å². The molecule has 1 aliphatic heterocycles. The van der Waals surface area contributed by atoms with Crippen LogP contribution in [0, 0.1) is 0 Å². The van der Waals surface area contributed by atoms with Gasteiger partial charge in [-0.1, -0.05) is 23.5 Å². The van der Waals surface area contributed by atoms with Crippen LogP contribution < -0.4 is 4.90 Å². The molecule has 1 amide bonds. The summed E-state index contributed by atoms with van der Waals surface area (Å²) in [4.78, 5) is 31.2. The molecule has 8 heteroatoms. The van der Waals surface area contributed by atoms with Crippen molar-refractivity contribution in [3.8, 4) is 0 Å². The van der Waals surface area contributed by atoms with Crippen molar-refractivity contribution in [3.05, 3.63) is 53.7 Å². The lowest BCUT2D eigenvalue weighted by atomic mass is 10.3. The molecule has 28 heavy (non-hydrogen) atoms. The second kappa shape index (κ2) is 7.29. The summed E-state index contributed by atoms with van der Waals surface area (Å²) in [5.74, 6) is 0.0323. The molecule has 0 atom stereocenters. The Bertz CT molecular complexity index is 1110. The molecule has 1 saturated heterocycles. The largest absolute Gasteiger partial charge is 0.344 e. The fourth-order valence-corrected chi connectivity index (χ4v) is 5.05. The van der Waals surface area contributed by atoms with Crippen LogP contribution >= 0.6 is 22.7 Å². The molecule has 0 unspecified atom stereocenters. The van der Waals surface area contributed by atoms with Gasteiger partial charge in [0, 0.05) is 38.5 Å². The van der Waals surface area contributed by atoms with Gasteiger partial charge in [-0.15, -0.1) is 11.3 Å². The lowest BCUT2D eigenvalue weighted by Crippen LogP contribution is -2.48. The lowest BCUT2D eigenvalue weighted by Gasteiger charge is -2.33. The number of piperazine rings is 1. The van der Waals surface area contributed by atoms with Crippen molar-refractivity contribution >= 4 is 60.4 Å². The van der Waals surface area contributed by atoms with Gasteiger partial charge in [-0.2, -0.15) is 0 Å². The third-order valence-electron chi connectivity index (χ3n) is 4.70. The Morgan fingerprint density at radius 3 is 2.61 bits per heavy atom. The summed E-state index contributed by atoms with van der Waals surface area (Å²) in [5.41, 5.74) is 1.90. The number of hydrogen-bond donors (Lipinski definition) is 0. The normalized spacial score (nSPS) is 15.1. The molecule has 0 spiro atoms. The van der Waals surface area contributed by atoms with Gasteiger partial charge in [0.25, 0.3) is 0 Å². The number of anilines is 1. The molecule has 4 aromatic rings. The van der Waals surface area contributed by atoms with Crippen molar-refractivity contribution in [1.29, 1.82) is 0 Å². The van der Waals surface area contributed by atoms with E-state index in [4.69, 9.17) is 0 Å². The Hall–Kier alpha value is -2.84. The van der Waals surface area contributed by atoms with Gasteiger partial charge in [0.2, 0.25) is 5.91 Å². The molecule has 1 aliphatic rings. The second-order valence-corrected chi connectivity index (χ2v) is 8.51. The van der Waals surface area contributed by atoms with Gasteiger partial charge in [0.1, 0.15) is 15.4 Å². The molecule has 1 aromatic carbocycles. The number of para-hydroxylation sites is 1. The minimum Gasteiger partial charge on any atom is -0.344 e. The highest BCUT2D eigenvalue weighted by Gasteiger charge is 2.22. The van der Waals surface area contributed by atoms with Crippen molar-refractivity contribution in [1.82, 2.24) is 19.9 Å². The van der Waals surface area contributed by atoms with E-state index in [-0.39, 0.29) is 5.91 Å². The van der Waals surface area contributed by atoms with E-state index >= 15 is 0 Å². The molecule has 0 N–H and O–H groups in total. The van der Waals surface area contributed by atoms with Gasteiger partial charge in [0.05, 0.1) is 10.2 Å². The summed E-state index contributed by atoms with van der Waals surface area (Å²) in [7, 11) is 0. The van der Waals surface area contributed by atoms with Gasteiger partial charge >= 0.3 is 0 Å². The molecule has 0 bridgehead atoms. The van der Waals surface area contributed by atoms with Gasteiger partial charge in [-0.05, 0) is 30.3 Å². The van der Waals surface area contributed by atoms with Gasteiger partial charge in [-0.3, -0.25) is 4.79 Å². The van der Waals surface area contributed by atoms with Crippen LogP contribution in [0.1, 0.15) is 5.01 Å². The number of fused-ring (bicyclic) bond motifs is 2. The fraction of sp³-hybridized carbons (Fsp3) is 0.200. The van der Waals surface area contributed by atoms with Crippen LogP contribution in [0.3, 0.4) is 0 Å². The lowest BCUT2D eigenvalue weighted by molar-refractivity contribution is -0.126. The van der Waals surface area contributed by atoms with Crippen molar-refractivity contribution < 1.29 is 4.79 Å². The molecule has 3 aromatic heterocycles. The van der Waals surface area contributed by atoms with Crippen molar-refractivity contribution in [2.75, 3.05) is 31.1 Å². The molecule has 4 heterocycles. The molecule has 140 valence electrons. The summed E-state index contributed by atoms with van der Waals surface area (Å²) in [6, 6.07) is 11.9. The first-order valence-electron chi connectivity index (χ1n) is 9.05. The highest BCUT2D eigenvalue weighted by molar-refractivity contribution is 7.21. The summed E-state index contributed by atoms with van der Waals surface area (Å²) in [5, 5.41) is 1.83. The van der Waals surface area contributed by atoms with Crippen molar-refractivity contribution in [2.45, 2.75) is 0 Å². The van der Waals surface area contributed by atoms with E-state index < -0.39 is 0 Å². The predicted molar refractivity (Wildman–Crippen MR) is 115 cm³/mol. The SMILES string of the molecule is O=C(/C=C/c1nc2ccccc2s1)N1CCN(c2nc3cccnc3s2)CC1. The zero-order valence-electron chi connectivity index (χ0n) is 15.0. The zero-order chi connectivity index (χ0) is 18.9. The molecule has 0 aliphatic carbocycles. The number of benzene rings is 1. The smallest absolute Gasteiger partial charge is 0.246 e. The first-order valence-corrected chi connectivity index (χ1v) is 10.7. The number of carbonyl (C=O) groups excluding carboxylic acids is 1. The summed E-state index contributed by atoms with van der Waals surface area (Å²) in [6.07, 6.45) is 5.24. The van der Waals surface area contributed by atoms with E-state index in [9.17, 15) is 4.79 Å². The van der Waals surface area contributed by atoms with Crippen LogP contribution in [0.5, 0.6) is 0 Å². The van der Waals surface area contributed by atoms with E-state index in [1.165, 1.54) is 0 Å². The number of carbonyl (C=O) groups is 1. The molecular weight excluding hydrogens is 390 g/mol.